The van der Waals surface area contributed by atoms with Crippen LogP contribution in [0, 0.1) is 5.82 Å². The molecule has 1 aromatic carbocycles. The van der Waals surface area contributed by atoms with Gasteiger partial charge in [-0.3, -0.25) is 9.89 Å². The number of nitrogens with one attached hydrogen (secondary N) is 2. The largest absolute Gasteiger partial charge is 0.395 e. The summed E-state index contributed by atoms with van der Waals surface area (Å²) in [5.41, 5.74) is 7.62. The highest BCUT2D eigenvalue weighted by Gasteiger charge is 2.16. The fourth-order valence-corrected chi connectivity index (χ4v) is 1.72. The second-order valence-corrected chi connectivity index (χ2v) is 4.18. The highest BCUT2D eigenvalue weighted by Crippen LogP contribution is 2.17. The molecule has 0 aliphatic carbocycles. The molecule has 0 atom stereocenters. The summed E-state index contributed by atoms with van der Waals surface area (Å²) in [6, 6.07) is 5.49. The van der Waals surface area contributed by atoms with E-state index in [-0.39, 0.29) is 11.5 Å². The molecule has 1 heterocycles. The van der Waals surface area contributed by atoms with Crippen molar-refractivity contribution in [1.29, 1.82) is 0 Å². The van der Waals surface area contributed by atoms with Gasteiger partial charge in [-0.15, -0.1) is 0 Å². The molecule has 0 fully saturated rings. The summed E-state index contributed by atoms with van der Waals surface area (Å²) in [5.74, 6) is -0.773. The van der Waals surface area contributed by atoms with Gasteiger partial charge in [0.25, 0.3) is 5.91 Å². The lowest BCUT2D eigenvalue weighted by Gasteiger charge is -2.03. The van der Waals surface area contributed by atoms with Gasteiger partial charge in [0.05, 0.1) is 11.4 Å². The maximum atomic E-state index is 12.7. The average molecular weight is 262 g/mol. The van der Waals surface area contributed by atoms with Crippen LogP contribution in [0.15, 0.2) is 24.3 Å². The summed E-state index contributed by atoms with van der Waals surface area (Å²) in [6.07, 6.45) is 1.65. The van der Waals surface area contributed by atoms with Crippen LogP contribution >= 0.6 is 0 Å². The Labute approximate surface area is 110 Å². The first kappa shape index (κ1) is 13.1. The maximum Gasteiger partial charge on any atom is 0.278 e. The molecule has 6 heteroatoms. The van der Waals surface area contributed by atoms with Crippen LogP contribution in [0.3, 0.4) is 0 Å². The minimum Gasteiger partial charge on any atom is -0.395 e. The van der Waals surface area contributed by atoms with Crippen molar-refractivity contribution in [2.45, 2.75) is 19.8 Å². The van der Waals surface area contributed by atoms with Crippen LogP contribution in [0.1, 0.15) is 29.5 Å². The summed E-state index contributed by atoms with van der Waals surface area (Å²) < 4.78 is 12.7. The fraction of sp³-hybridized carbons (Fsp3) is 0.231. The molecule has 19 heavy (non-hydrogen) atoms. The van der Waals surface area contributed by atoms with Gasteiger partial charge in [0.2, 0.25) is 0 Å². The lowest BCUT2D eigenvalue weighted by atomic mass is 10.2. The molecule has 2 rings (SSSR count). The third kappa shape index (κ3) is 2.90. The molecule has 0 radical (unpaired) electrons. The first-order chi connectivity index (χ1) is 9.11. The van der Waals surface area contributed by atoms with Crippen LogP contribution in [0.5, 0.6) is 0 Å². The van der Waals surface area contributed by atoms with Crippen molar-refractivity contribution in [2.24, 2.45) is 0 Å². The van der Waals surface area contributed by atoms with Crippen LogP contribution in [-0.4, -0.2) is 16.1 Å². The number of rotatable bonds is 4. The van der Waals surface area contributed by atoms with Gasteiger partial charge in [0.1, 0.15) is 5.82 Å². The number of benzene rings is 1. The van der Waals surface area contributed by atoms with Gasteiger partial charge >= 0.3 is 0 Å². The van der Waals surface area contributed by atoms with Crippen LogP contribution in [0.4, 0.5) is 15.8 Å². The van der Waals surface area contributed by atoms with Gasteiger partial charge in [-0.1, -0.05) is 13.3 Å². The number of nitrogens with zero attached hydrogens (tertiary/aromatic N) is 1. The van der Waals surface area contributed by atoms with E-state index in [1.54, 1.807) is 0 Å². The Hall–Kier alpha value is -2.37. The molecule has 1 aromatic heterocycles. The zero-order chi connectivity index (χ0) is 13.8. The summed E-state index contributed by atoms with van der Waals surface area (Å²) in [7, 11) is 0. The second-order valence-electron chi connectivity index (χ2n) is 4.18. The smallest absolute Gasteiger partial charge is 0.278 e. The van der Waals surface area contributed by atoms with E-state index in [1.165, 1.54) is 24.3 Å². The van der Waals surface area contributed by atoms with Crippen molar-refractivity contribution in [3.8, 4) is 0 Å². The van der Waals surface area contributed by atoms with Crippen molar-refractivity contribution in [3.63, 3.8) is 0 Å². The molecule has 5 nitrogen and oxygen atoms in total. The Morgan fingerprint density at radius 1 is 1.42 bits per heavy atom. The summed E-state index contributed by atoms with van der Waals surface area (Å²) in [6.45, 7) is 2.01. The van der Waals surface area contributed by atoms with E-state index in [1.807, 2.05) is 6.92 Å². The Bertz CT molecular complexity index is 577. The number of aromatic nitrogens is 2. The highest BCUT2D eigenvalue weighted by molar-refractivity contribution is 6.06. The van der Waals surface area contributed by atoms with Crippen molar-refractivity contribution in [1.82, 2.24) is 10.2 Å². The number of anilines is 2. The zero-order valence-electron chi connectivity index (χ0n) is 10.5. The SMILES string of the molecule is CCCc1[nH]nc(C(=O)Nc2ccc(F)cc2)c1N. The predicted molar refractivity (Wildman–Crippen MR) is 71.3 cm³/mol. The van der Waals surface area contributed by atoms with E-state index in [9.17, 15) is 9.18 Å². The van der Waals surface area contributed by atoms with E-state index >= 15 is 0 Å². The molecule has 0 saturated heterocycles. The fourth-order valence-electron chi connectivity index (χ4n) is 1.72. The van der Waals surface area contributed by atoms with Crippen LogP contribution in [0.2, 0.25) is 0 Å². The monoisotopic (exact) mass is 262 g/mol. The molecule has 2 aromatic rings. The maximum absolute atomic E-state index is 12.7. The third-order valence-corrected chi connectivity index (χ3v) is 2.70. The third-order valence-electron chi connectivity index (χ3n) is 2.70. The number of carbonyl (C=O) groups excluding carboxylic acids is 1. The Morgan fingerprint density at radius 2 is 2.11 bits per heavy atom. The van der Waals surface area contributed by atoms with Gasteiger partial charge in [0.15, 0.2) is 5.69 Å². The number of H-pyrrole nitrogens is 1. The van der Waals surface area contributed by atoms with Crippen LogP contribution in [0.25, 0.3) is 0 Å². The summed E-state index contributed by atoms with van der Waals surface area (Å²) in [4.78, 5) is 12.0. The first-order valence-electron chi connectivity index (χ1n) is 6.01. The van der Waals surface area contributed by atoms with E-state index in [0.29, 0.717) is 11.4 Å². The first-order valence-corrected chi connectivity index (χ1v) is 6.01. The number of halogens is 1. The van der Waals surface area contributed by atoms with Gasteiger partial charge in [-0.05, 0) is 30.7 Å². The Balaban J connectivity index is 2.13. The zero-order valence-corrected chi connectivity index (χ0v) is 10.5. The molecule has 0 saturated carbocycles. The van der Waals surface area contributed by atoms with Gasteiger partial charge in [0, 0.05) is 5.69 Å². The number of hydrogen-bond donors (Lipinski definition) is 3. The molecule has 0 aliphatic heterocycles. The van der Waals surface area contributed by atoms with Gasteiger partial charge in [-0.25, -0.2) is 4.39 Å². The number of carbonyl (C=O) groups is 1. The number of hydrogen-bond acceptors (Lipinski definition) is 3. The van der Waals surface area contributed by atoms with E-state index in [2.05, 4.69) is 15.5 Å². The Morgan fingerprint density at radius 3 is 2.74 bits per heavy atom. The number of aryl methyl sites for hydroxylation is 1. The van der Waals surface area contributed by atoms with Crippen molar-refractivity contribution in [3.05, 3.63) is 41.5 Å². The van der Waals surface area contributed by atoms with Crippen molar-refractivity contribution >= 4 is 17.3 Å². The minimum atomic E-state index is -0.414. The van der Waals surface area contributed by atoms with E-state index in [0.717, 1.165) is 18.5 Å². The van der Waals surface area contributed by atoms with Crippen molar-refractivity contribution < 1.29 is 9.18 Å². The number of nitrogens with two attached hydrogens (primary N) is 1. The predicted octanol–water partition coefficient (Wildman–Crippen LogP) is 2.34. The molecule has 4 N–H and O–H groups in total. The quantitative estimate of drug-likeness (QED) is 0.790. The van der Waals surface area contributed by atoms with Crippen molar-refractivity contribution in [2.75, 3.05) is 11.1 Å². The lowest BCUT2D eigenvalue weighted by molar-refractivity contribution is 0.102. The summed E-state index contributed by atoms with van der Waals surface area (Å²) >= 11 is 0. The standard InChI is InChI=1S/C13H15FN4O/c1-2-3-10-11(15)12(18-17-10)13(19)16-9-6-4-8(14)5-7-9/h4-7H,2-3,15H2,1H3,(H,16,19)(H,17,18). The number of amides is 1. The molecule has 0 bridgehead atoms. The molecule has 100 valence electrons. The van der Waals surface area contributed by atoms with E-state index < -0.39 is 5.91 Å². The summed E-state index contributed by atoms with van der Waals surface area (Å²) in [5, 5.41) is 9.28. The second kappa shape index (κ2) is 5.51. The number of aromatic amines is 1. The molecule has 0 spiro atoms. The van der Waals surface area contributed by atoms with Crippen LogP contribution < -0.4 is 11.1 Å². The van der Waals surface area contributed by atoms with E-state index in [4.69, 9.17) is 5.73 Å². The average Bonchev–Trinajstić information content (AvgIpc) is 2.75. The number of nitrogen functional groups attached to an aromatic ring is 1. The normalized spacial score (nSPS) is 10.4. The minimum absolute atomic E-state index is 0.160. The molecule has 0 unspecified atom stereocenters. The molecular formula is C13H15FN4O. The molecular weight excluding hydrogens is 247 g/mol. The topological polar surface area (TPSA) is 83.8 Å². The lowest BCUT2D eigenvalue weighted by Crippen LogP contribution is -2.14. The Kier molecular flexibility index (Phi) is 3.79. The van der Waals surface area contributed by atoms with Gasteiger partial charge in [-0.2, -0.15) is 5.10 Å². The highest BCUT2D eigenvalue weighted by atomic mass is 19.1. The van der Waals surface area contributed by atoms with Gasteiger partial charge < -0.3 is 11.1 Å². The molecule has 0 aliphatic rings. The van der Waals surface area contributed by atoms with Crippen LogP contribution in [-0.2, 0) is 6.42 Å². The molecule has 1 amide bonds.